The van der Waals surface area contributed by atoms with Crippen molar-refractivity contribution < 1.29 is 18.5 Å². The van der Waals surface area contributed by atoms with Gasteiger partial charge in [0.1, 0.15) is 0 Å². The molecule has 0 aliphatic heterocycles. The van der Waals surface area contributed by atoms with Gasteiger partial charge in [0.05, 0.1) is 40.8 Å². The molecule has 0 aromatic heterocycles. The second-order valence-electron chi connectivity index (χ2n) is 8.87. The van der Waals surface area contributed by atoms with Crippen LogP contribution in [0.1, 0.15) is 96.8 Å². The number of rotatable bonds is 20. The van der Waals surface area contributed by atoms with Crippen molar-refractivity contribution in [2.24, 2.45) is 0 Å². The van der Waals surface area contributed by atoms with Crippen LogP contribution < -0.4 is 5.09 Å². The molecule has 0 heterocycles. The molecular weight excluding hydrogens is 359 g/mol. The third kappa shape index (κ3) is 22.2. The molecule has 0 fully saturated rings. The van der Waals surface area contributed by atoms with Crippen LogP contribution in [0, 0.1) is 0 Å². The molecule has 0 spiro atoms. The molecule has 5 nitrogen and oxygen atoms in total. The van der Waals surface area contributed by atoms with Gasteiger partial charge < -0.3 is 9.38 Å². The van der Waals surface area contributed by atoms with Gasteiger partial charge in [-0.2, -0.15) is 0 Å². The molecular formula is C21H48N2O3P+. The summed E-state index contributed by atoms with van der Waals surface area (Å²) < 4.78 is 17.7. The van der Waals surface area contributed by atoms with Crippen molar-refractivity contribution in [1.82, 2.24) is 5.09 Å². The highest BCUT2D eigenvalue weighted by molar-refractivity contribution is 7.50. The maximum Gasteiger partial charge on any atom is 0.403 e. The van der Waals surface area contributed by atoms with Gasteiger partial charge in [0.2, 0.25) is 0 Å². The predicted molar refractivity (Wildman–Crippen MR) is 117 cm³/mol. The summed E-state index contributed by atoms with van der Waals surface area (Å²) >= 11 is 0. The zero-order chi connectivity index (χ0) is 20.4. The fourth-order valence-electron chi connectivity index (χ4n) is 3.06. The first-order valence-electron chi connectivity index (χ1n) is 11.3. The molecule has 0 aliphatic rings. The van der Waals surface area contributed by atoms with Crippen LogP contribution in [0.2, 0.25) is 0 Å². The maximum atomic E-state index is 11.8. The van der Waals surface area contributed by atoms with Gasteiger partial charge in [0, 0.05) is 0 Å². The van der Waals surface area contributed by atoms with E-state index < -0.39 is 7.75 Å². The standard InChI is InChI=1S/C21H47N2O3P/c1-5-6-7-8-9-10-11-12-13-14-15-16-17-18-21-26-27(24,25)22-19-20-23(2,3)4/h5-21H2,1-4H3,(H-,22,24,25)/p+1. The summed E-state index contributed by atoms with van der Waals surface area (Å²) in [6.45, 7) is 3.90. The number of quaternary nitrogens is 1. The van der Waals surface area contributed by atoms with E-state index in [1.807, 2.05) is 0 Å². The van der Waals surface area contributed by atoms with E-state index in [9.17, 15) is 9.46 Å². The molecule has 0 aromatic rings. The second-order valence-corrected chi connectivity index (χ2v) is 10.5. The first-order chi connectivity index (χ1) is 12.8. The third-order valence-corrected chi connectivity index (χ3v) is 6.01. The van der Waals surface area contributed by atoms with Crippen LogP contribution in [-0.2, 0) is 9.09 Å². The number of nitrogens with one attached hydrogen (secondary N) is 1. The molecule has 164 valence electrons. The molecule has 0 radical (unpaired) electrons. The molecule has 0 saturated carbocycles. The molecule has 27 heavy (non-hydrogen) atoms. The van der Waals surface area contributed by atoms with Crippen molar-refractivity contribution in [2.75, 3.05) is 40.8 Å². The first-order valence-corrected chi connectivity index (χ1v) is 12.9. The lowest BCUT2D eigenvalue weighted by Crippen LogP contribution is -2.40. The molecule has 0 amide bonds. The molecule has 6 heteroatoms. The largest absolute Gasteiger partial charge is 0.403 e. The summed E-state index contributed by atoms with van der Waals surface area (Å²) in [4.78, 5) is 9.73. The van der Waals surface area contributed by atoms with Crippen molar-refractivity contribution in [3.8, 4) is 0 Å². The Hall–Kier alpha value is 0.0700. The lowest BCUT2D eigenvalue weighted by atomic mass is 10.0. The minimum absolute atomic E-state index is 0.364. The Kier molecular flexibility index (Phi) is 17.0. The van der Waals surface area contributed by atoms with E-state index in [2.05, 4.69) is 33.2 Å². The average molecular weight is 408 g/mol. The van der Waals surface area contributed by atoms with Crippen LogP contribution in [-0.4, -0.2) is 50.2 Å². The van der Waals surface area contributed by atoms with Crippen LogP contribution in [0.25, 0.3) is 0 Å². The van der Waals surface area contributed by atoms with Crippen LogP contribution in [0.3, 0.4) is 0 Å². The van der Waals surface area contributed by atoms with E-state index in [0.29, 0.717) is 13.2 Å². The molecule has 0 rings (SSSR count). The lowest BCUT2D eigenvalue weighted by Gasteiger charge is -2.24. The summed E-state index contributed by atoms with van der Waals surface area (Å²) in [6, 6.07) is 0. The van der Waals surface area contributed by atoms with Crippen molar-refractivity contribution in [2.45, 2.75) is 96.8 Å². The highest BCUT2D eigenvalue weighted by atomic mass is 31.2. The minimum Gasteiger partial charge on any atom is -0.330 e. The van der Waals surface area contributed by atoms with Crippen LogP contribution in [0.15, 0.2) is 0 Å². The van der Waals surface area contributed by atoms with Crippen molar-refractivity contribution in [3.63, 3.8) is 0 Å². The summed E-state index contributed by atoms with van der Waals surface area (Å²) in [7, 11) is 2.54. The Morgan fingerprint density at radius 1 is 0.778 bits per heavy atom. The second kappa shape index (κ2) is 17.0. The van der Waals surface area contributed by atoms with Crippen LogP contribution in [0.5, 0.6) is 0 Å². The zero-order valence-corrected chi connectivity index (χ0v) is 19.6. The van der Waals surface area contributed by atoms with E-state index in [1.165, 1.54) is 77.0 Å². The molecule has 0 aliphatic carbocycles. The monoisotopic (exact) mass is 407 g/mol. The van der Waals surface area contributed by atoms with Gasteiger partial charge >= 0.3 is 7.75 Å². The minimum atomic E-state index is -3.63. The molecule has 0 aromatic carbocycles. The van der Waals surface area contributed by atoms with E-state index in [1.54, 1.807) is 0 Å². The molecule has 0 saturated heterocycles. The fraction of sp³-hybridized carbons (Fsp3) is 1.00. The maximum absolute atomic E-state index is 11.8. The van der Waals surface area contributed by atoms with Crippen LogP contribution in [0.4, 0.5) is 0 Å². The molecule has 1 atom stereocenters. The quantitative estimate of drug-likeness (QED) is 0.150. The smallest absolute Gasteiger partial charge is 0.330 e. The molecule has 1 unspecified atom stereocenters. The Balaban J connectivity index is 3.31. The number of likely N-dealkylation sites (N-methyl/N-ethyl adjacent to an activating group) is 1. The Morgan fingerprint density at radius 2 is 1.19 bits per heavy atom. The normalized spacial score (nSPS) is 14.4. The Labute approximate surface area is 169 Å². The summed E-state index contributed by atoms with van der Waals surface area (Å²) in [5, 5.41) is 2.64. The van der Waals surface area contributed by atoms with E-state index >= 15 is 0 Å². The Bertz CT molecular complexity index is 373. The zero-order valence-electron chi connectivity index (χ0n) is 18.7. The van der Waals surface area contributed by atoms with Crippen molar-refractivity contribution >= 4 is 7.75 Å². The third-order valence-electron chi connectivity index (χ3n) is 4.86. The number of hydrogen-bond donors (Lipinski definition) is 2. The number of nitrogens with zero attached hydrogens (tertiary/aromatic N) is 1. The van der Waals surface area contributed by atoms with Gasteiger partial charge in [0.25, 0.3) is 0 Å². The van der Waals surface area contributed by atoms with E-state index in [0.717, 1.165) is 23.9 Å². The number of unbranched alkanes of at least 4 members (excludes halogenated alkanes) is 13. The first kappa shape index (κ1) is 27.1. The predicted octanol–water partition coefficient (Wildman–Crippen LogP) is 5.88. The van der Waals surface area contributed by atoms with Crippen molar-refractivity contribution in [3.05, 3.63) is 0 Å². The highest BCUT2D eigenvalue weighted by Gasteiger charge is 2.19. The van der Waals surface area contributed by atoms with Gasteiger partial charge in [0.15, 0.2) is 0 Å². The summed E-state index contributed by atoms with van der Waals surface area (Å²) in [6.07, 6.45) is 18.2. The topological polar surface area (TPSA) is 58.6 Å². The summed E-state index contributed by atoms with van der Waals surface area (Å²) in [5.74, 6) is 0. The molecule has 0 bridgehead atoms. The summed E-state index contributed by atoms with van der Waals surface area (Å²) in [5.41, 5.74) is 0. The van der Waals surface area contributed by atoms with Gasteiger partial charge in [-0.25, -0.2) is 9.65 Å². The Morgan fingerprint density at radius 3 is 1.59 bits per heavy atom. The highest BCUT2D eigenvalue weighted by Crippen LogP contribution is 2.36. The van der Waals surface area contributed by atoms with Crippen LogP contribution >= 0.6 is 7.75 Å². The SMILES string of the molecule is CCCCCCCCCCCCCCCCOP(=O)(O)NCC[N+](C)(C)C. The van der Waals surface area contributed by atoms with E-state index in [4.69, 9.17) is 4.52 Å². The van der Waals surface area contributed by atoms with Gasteiger partial charge in [-0.05, 0) is 6.42 Å². The van der Waals surface area contributed by atoms with Gasteiger partial charge in [-0.3, -0.25) is 4.52 Å². The fourth-order valence-corrected chi connectivity index (χ4v) is 3.91. The van der Waals surface area contributed by atoms with E-state index in [-0.39, 0.29) is 0 Å². The average Bonchev–Trinajstić information content (AvgIpc) is 2.57. The lowest BCUT2D eigenvalue weighted by molar-refractivity contribution is -0.869. The number of hydrogen-bond acceptors (Lipinski definition) is 2. The van der Waals surface area contributed by atoms with Gasteiger partial charge in [-0.15, -0.1) is 0 Å². The molecule has 2 N–H and O–H groups in total. The van der Waals surface area contributed by atoms with Crippen molar-refractivity contribution in [1.29, 1.82) is 0 Å². The van der Waals surface area contributed by atoms with Gasteiger partial charge in [-0.1, -0.05) is 90.4 Å².